The first-order valence-corrected chi connectivity index (χ1v) is 11.6. The normalized spacial score (nSPS) is 11.7. The lowest BCUT2D eigenvalue weighted by Gasteiger charge is -2.13. The fraction of sp³-hybridized carbons (Fsp3) is 0.308. The fourth-order valence-corrected chi connectivity index (χ4v) is 3.28. The first-order valence-electron chi connectivity index (χ1n) is 11.6. The number of carbonyl (C=O) groups excluding carboxylic acids is 2. The molecule has 0 amide bonds. The average molecular weight is 532 g/mol. The van der Waals surface area contributed by atoms with E-state index in [0.717, 1.165) is 5.56 Å². The number of H-pyrrole nitrogens is 1. The Bertz CT molecular complexity index is 1360. The predicted molar refractivity (Wildman–Crippen MR) is 131 cm³/mol. The maximum absolute atomic E-state index is 14.6. The Kier molecular flexibility index (Phi) is 10.4. The number of benzene rings is 2. The van der Waals surface area contributed by atoms with E-state index in [4.69, 9.17) is 18.9 Å². The number of esters is 1. The van der Waals surface area contributed by atoms with E-state index in [-0.39, 0.29) is 44.2 Å². The fourth-order valence-electron chi connectivity index (χ4n) is 3.28. The lowest BCUT2D eigenvalue weighted by atomic mass is 9.97. The summed E-state index contributed by atoms with van der Waals surface area (Å²) < 4.78 is 48.5. The van der Waals surface area contributed by atoms with Gasteiger partial charge in [0, 0.05) is 5.56 Å². The molecular weight excluding hydrogens is 506 g/mol. The van der Waals surface area contributed by atoms with Gasteiger partial charge >= 0.3 is 17.8 Å². The zero-order valence-electron chi connectivity index (χ0n) is 20.5. The van der Waals surface area contributed by atoms with Crippen LogP contribution in [0.3, 0.4) is 0 Å². The van der Waals surface area contributed by atoms with Crippen LogP contribution in [0.25, 0.3) is 11.1 Å². The number of hydrogen-bond donors (Lipinski definition) is 1. The van der Waals surface area contributed by atoms with E-state index in [0.29, 0.717) is 17.3 Å². The van der Waals surface area contributed by atoms with Crippen molar-refractivity contribution in [3.63, 3.8) is 0 Å². The minimum absolute atomic E-state index is 0.00412. The van der Waals surface area contributed by atoms with Crippen LogP contribution in [0.4, 0.5) is 13.6 Å². The summed E-state index contributed by atoms with van der Waals surface area (Å²) >= 11 is 0. The van der Waals surface area contributed by atoms with Crippen LogP contribution in [0.1, 0.15) is 18.4 Å². The van der Waals surface area contributed by atoms with Crippen molar-refractivity contribution in [1.82, 2.24) is 9.55 Å². The van der Waals surface area contributed by atoms with E-state index < -0.39 is 40.9 Å². The van der Waals surface area contributed by atoms with Crippen molar-refractivity contribution in [3.8, 4) is 11.1 Å². The molecule has 0 spiro atoms. The number of nitrogens with zero attached hydrogens (tertiary/aromatic N) is 1. The first-order chi connectivity index (χ1) is 18.3. The molecule has 10 nitrogen and oxygen atoms in total. The smallest absolute Gasteiger partial charge is 0.422 e. The van der Waals surface area contributed by atoms with Crippen LogP contribution >= 0.6 is 0 Å². The van der Waals surface area contributed by atoms with Gasteiger partial charge < -0.3 is 18.9 Å². The Morgan fingerprint density at radius 2 is 1.50 bits per heavy atom. The van der Waals surface area contributed by atoms with Gasteiger partial charge in [0.1, 0.15) is 19.0 Å². The molecule has 0 aliphatic rings. The molecule has 1 heterocycles. The van der Waals surface area contributed by atoms with E-state index in [2.05, 4.69) is 0 Å². The number of aromatic amines is 1. The SMILES string of the molecule is CC(C(=O)OCCOCCOCCOC(=O)n1cc(F)c(=O)[nH]c1=O)c1ccc(-c2ccccc2)c(F)c1. The van der Waals surface area contributed by atoms with Gasteiger partial charge in [0.05, 0.1) is 38.5 Å². The van der Waals surface area contributed by atoms with Crippen molar-refractivity contribution in [2.45, 2.75) is 12.8 Å². The highest BCUT2D eigenvalue weighted by atomic mass is 19.1. The molecule has 12 heteroatoms. The number of hydrogen-bond acceptors (Lipinski definition) is 8. The van der Waals surface area contributed by atoms with Gasteiger partial charge in [-0.25, -0.2) is 18.5 Å². The van der Waals surface area contributed by atoms with Gasteiger partial charge in [-0.15, -0.1) is 0 Å². The Balaban J connectivity index is 1.27. The standard InChI is InChI=1S/C26H26F2N2O8/c1-17(19-7-8-20(21(27)15-19)18-5-3-2-4-6-18)24(32)37-13-11-35-9-10-36-12-14-38-26(34)30-16-22(28)23(31)29-25(30)33/h2-8,15-17H,9-14H2,1H3,(H,29,31,33). The van der Waals surface area contributed by atoms with Crippen LogP contribution in [-0.4, -0.2) is 61.3 Å². The van der Waals surface area contributed by atoms with Gasteiger partial charge in [0.15, 0.2) is 0 Å². The number of rotatable bonds is 12. The Hall–Kier alpha value is -4.16. The molecule has 0 fully saturated rings. The van der Waals surface area contributed by atoms with Crippen molar-refractivity contribution in [1.29, 1.82) is 0 Å². The van der Waals surface area contributed by atoms with Gasteiger partial charge in [-0.1, -0.05) is 42.5 Å². The molecule has 0 aliphatic carbocycles. The molecule has 3 aromatic rings. The summed E-state index contributed by atoms with van der Waals surface area (Å²) in [6.07, 6.45) is -0.734. The van der Waals surface area contributed by atoms with E-state index in [1.807, 2.05) is 18.2 Å². The van der Waals surface area contributed by atoms with Crippen LogP contribution in [0, 0.1) is 11.6 Å². The lowest BCUT2D eigenvalue weighted by molar-refractivity contribution is -0.146. The number of carbonyl (C=O) groups is 2. The highest BCUT2D eigenvalue weighted by Gasteiger charge is 2.19. The minimum Gasteiger partial charge on any atom is -0.463 e. The summed E-state index contributed by atoms with van der Waals surface area (Å²) in [5.41, 5.74) is -0.677. The molecule has 0 bridgehead atoms. The molecule has 202 valence electrons. The molecule has 1 unspecified atom stereocenters. The van der Waals surface area contributed by atoms with Crippen LogP contribution in [0.15, 0.2) is 64.3 Å². The molecule has 1 aromatic heterocycles. The zero-order valence-corrected chi connectivity index (χ0v) is 20.5. The highest BCUT2D eigenvalue weighted by Crippen LogP contribution is 2.26. The second-order valence-electron chi connectivity index (χ2n) is 7.94. The Labute approximate surface area is 215 Å². The molecule has 1 N–H and O–H groups in total. The van der Waals surface area contributed by atoms with E-state index in [1.165, 1.54) is 6.07 Å². The maximum atomic E-state index is 14.6. The summed E-state index contributed by atoms with van der Waals surface area (Å²) in [7, 11) is 0. The number of nitrogens with one attached hydrogen (secondary N) is 1. The van der Waals surface area contributed by atoms with Crippen LogP contribution in [0.2, 0.25) is 0 Å². The van der Waals surface area contributed by atoms with Crippen molar-refractivity contribution >= 4 is 12.1 Å². The third-order valence-electron chi connectivity index (χ3n) is 5.32. The molecule has 0 saturated heterocycles. The second kappa shape index (κ2) is 14.0. The highest BCUT2D eigenvalue weighted by molar-refractivity contribution is 5.78. The van der Waals surface area contributed by atoms with Crippen molar-refractivity contribution in [3.05, 3.63) is 92.8 Å². The van der Waals surface area contributed by atoms with Crippen LogP contribution in [0.5, 0.6) is 0 Å². The number of aromatic nitrogens is 2. The molecule has 2 aromatic carbocycles. The van der Waals surface area contributed by atoms with Crippen molar-refractivity contribution in [2.75, 3.05) is 39.6 Å². The van der Waals surface area contributed by atoms with Gasteiger partial charge in [-0.2, -0.15) is 4.39 Å². The molecule has 38 heavy (non-hydrogen) atoms. The van der Waals surface area contributed by atoms with Crippen LogP contribution in [-0.2, 0) is 23.7 Å². The van der Waals surface area contributed by atoms with E-state index in [1.54, 1.807) is 36.2 Å². The van der Waals surface area contributed by atoms with Crippen molar-refractivity contribution < 1.29 is 37.3 Å². The summed E-state index contributed by atoms with van der Waals surface area (Å²) in [6.45, 7) is 1.79. The molecule has 0 radical (unpaired) electrons. The van der Waals surface area contributed by atoms with Gasteiger partial charge in [-0.05, 0) is 24.1 Å². The molecule has 1 atom stereocenters. The van der Waals surface area contributed by atoms with E-state index in [9.17, 15) is 28.0 Å². The molecule has 3 rings (SSSR count). The third-order valence-corrected chi connectivity index (χ3v) is 5.32. The van der Waals surface area contributed by atoms with Gasteiger partial charge in [0.25, 0.3) is 5.56 Å². The second-order valence-corrected chi connectivity index (χ2v) is 7.94. The monoisotopic (exact) mass is 532 g/mol. The zero-order chi connectivity index (χ0) is 27.5. The topological polar surface area (TPSA) is 126 Å². The first kappa shape index (κ1) is 28.4. The third kappa shape index (κ3) is 7.92. The Morgan fingerprint density at radius 3 is 2.16 bits per heavy atom. The summed E-state index contributed by atoms with van der Waals surface area (Å²) in [4.78, 5) is 48.1. The van der Waals surface area contributed by atoms with Gasteiger partial charge in [0.2, 0.25) is 5.82 Å². The molecule has 0 aliphatic heterocycles. The van der Waals surface area contributed by atoms with E-state index >= 15 is 0 Å². The Morgan fingerprint density at radius 1 is 0.868 bits per heavy atom. The van der Waals surface area contributed by atoms with Crippen LogP contribution < -0.4 is 11.2 Å². The lowest BCUT2D eigenvalue weighted by Crippen LogP contribution is -2.36. The van der Waals surface area contributed by atoms with Crippen molar-refractivity contribution in [2.24, 2.45) is 0 Å². The number of halogens is 2. The predicted octanol–water partition coefficient (Wildman–Crippen LogP) is 2.85. The summed E-state index contributed by atoms with van der Waals surface area (Å²) in [6, 6.07) is 13.8. The van der Waals surface area contributed by atoms with Gasteiger partial charge in [-0.3, -0.25) is 14.6 Å². The molecule has 0 saturated carbocycles. The average Bonchev–Trinajstić information content (AvgIpc) is 2.91. The maximum Gasteiger partial charge on any atom is 0.422 e. The summed E-state index contributed by atoms with van der Waals surface area (Å²) in [5, 5.41) is 0. The largest absolute Gasteiger partial charge is 0.463 e. The molecular formula is C26H26F2N2O8. The summed E-state index contributed by atoms with van der Waals surface area (Å²) in [5.74, 6) is -2.91. The minimum atomic E-state index is -1.30. The number of ether oxygens (including phenoxy) is 4. The quantitative estimate of drug-likeness (QED) is 0.279.